The molecule has 1 aromatic rings. The number of ether oxygens (including phenoxy) is 1. The first-order valence-corrected chi connectivity index (χ1v) is 6.89. The molecule has 1 aromatic heterocycles. The number of aromatic nitrogens is 1. The van der Waals surface area contributed by atoms with Gasteiger partial charge in [0.05, 0.1) is 13.3 Å². The van der Waals surface area contributed by atoms with Crippen LogP contribution in [-0.4, -0.2) is 56.2 Å². The Balaban J connectivity index is 2.02. The summed E-state index contributed by atoms with van der Waals surface area (Å²) in [7, 11) is 5.59. The number of esters is 1. The van der Waals surface area contributed by atoms with Crippen LogP contribution >= 0.6 is 11.3 Å². The van der Waals surface area contributed by atoms with Crippen molar-refractivity contribution >= 4 is 22.4 Å². The summed E-state index contributed by atoms with van der Waals surface area (Å²) in [5.74, 6) is -0.310. The molecule has 0 spiro atoms. The Hall–Kier alpha value is -1.14. The zero-order valence-corrected chi connectivity index (χ0v) is 11.9. The molecule has 1 aliphatic rings. The number of anilines is 1. The lowest BCUT2D eigenvalue weighted by Gasteiger charge is -2.34. The fraction of sp³-hybridized carbons (Fsp3) is 0.667. The van der Waals surface area contributed by atoms with Crippen LogP contribution in [0.3, 0.4) is 0 Å². The second-order valence-corrected chi connectivity index (χ2v) is 5.65. The van der Waals surface area contributed by atoms with Crippen LogP contribution in [0.25, 0.3) is 0 Å². The maximum absolute atomic E-state index is 11.4. The average molecular weight is 269 g/mol. The third kappa shape index (κ3) is 2.81. The van der Waals surface area contributed by atoms with Crippen molar-refractivity contribution in [1.29, 1.82) is 0 Å². The number of rotatable bonds is 3. The van der Waals surface area contributed by atoms with Gasteiger partial charge in [-0.15, -0.1) is 0 Å². The lowest BCUT2D eigenvalue weighted by Crippen LogP contribution is -2.41. The molecule has 0 amide bonds. The zero-order valence-electron chi connectivity index (χ0n) is 11.0. The van der Waals surface area contributed by atoms with Gasteiger partial charge in [-0.05, 0) is 33.0 Å². The smallest absolute Gasteiger partial charge is 0.349 e. The molecular formula is C12H19N3O2S. The van der Waals surface area contributed by atoms with Gasteiger partial charge in [0.2, 0.25) is 0 Å². The van der Waals surface area contributed by atoms with Gasteiger partial charge < -0.3 is 14.5 Å². The molecule has 1 saturated heterocycles. The average Bonchev–Trinajstić information content (AvgIpc) is 2.87. The number of carbonyl (C=O) groups excluding carboxylic acids is 1. The van der Waals surface area contributed by atoms with E-state index in [-0.39, 0.29) is 5.97 Å². The van der Waals surface area contributed by atoms with Gasteiger partial charge in [0.1, 0.15) is 4.88 Å². The van der Waals surface area contributed by atoms with Gasteiger partial charge in [0.25, 0.3) is 0 Å². The Kier molecular flexibility index (Phi) is 4.19. The molecule has 0 saturated carbocycles. The second-order valence-electron chi connectivity index (χ2n) is 4.64. The number of hydrogen-bond acceptors (Lipinski definition) is 6. The van der Waals surface area contributed by atoms with Crippen molar-refractivity contribution in [3.05, 3.63) is 11.1 Å². The van der Waals surface area contributed by atoms with E-state index < -0.39 is 0 Å². The molecule has 0 radical (unpaired) electrons. The van der Waals surface area contributed by atoms with E-state index in [4.69, 9.17) is 4.74 Å². The summed E-state index contributed by atoms with van der Waals surface area (Å²) in [4.78, 5) is 20.8. The predicted molar refractivity (Wildman–Crippen MR) is 72.4 cm³/mol. The fourth-order valence-electron chi connectivity index (χ4n) is 2.16. The van der Waals surface area contributed by atoms with Crippen molar-refractivity contribution in [3.63, 3.8) is 0 Å². The van der Waals surface area contributed by atoms with Gasteiger partial charge in [0.15, 0.2) is 5.13 Å². The van der Waals surface area contributed by atoms with E-state index in [1.165, 1.54) is 18.4 Å². The molecule has 2 rings (SSSR count). The van der Waals surface area contributed by atoms with Crippen LogP contribution in [-0.2, 0) is 4.74 Å². The normalized spacial score (nSPS) is 17.7. The van der Waals surface area contributed by atoms with E-state index in [9.17, 15) is 4.79 Å². The van der Waals surface area contributed by atoms with Crippen LogP contribution in [0, 0.1) is 0 Å². The fourth-order valence-corrected chi connectivity index (χ4v) is 3.03. The number of thiazole rings is 1. The highest BCUT2D eigenvalue weighted by Crippen LogP contribution is 2.26. The maximum atomic E-state index is 11.4. The summed E-state index contributed by atoms with van der Waals surface area (Å²) in [6.07, 6.45) is 3.87. The van der Waals surface area contributed by atoms with Gasteiger partial charge in [-0.1, -0.05) is 11.3 Å². The Bertz CT molecular complexity index is 413. The topological polar surface area (TPSA) is 45.7 Å². The van der Waals surface area contributed by atoms with Crippen LogP contribution in [0.5, 0.6) is 0 Å². The monoisotopic (exact) mass is 269 g/mol. The van der Waals surface area contributed by atoms with Gasteiger partial charge in [-0.2, -0.15) is 0 Å². The number of hydrogen-bond donors (Lipinski definition) is 0. The van der Waals surface area contributed by atoms with Gasteiger partial charge in [0, 0.05) is 13.1 Å². The van der Waals surface area contributed by atoms with Crippen molar-refractivity contribution in [2.24, 2.45) is 0 Å². The third-order valence-electron chi connectivity index (χ3n) is 3.42. The molecule has 0 aliphatic carbocycles. The van der Waals surface area contributed by atoms with Crippen molar-refractivity contribution in [2.45, 2.75) is 18.9 Å². The minimum Gasteiger partial charge on any atom is -0.465 e. The van der Waals surface area contributed by atoms with Crippen molar-refractivity contribution in [1.82, 2.24) is 9.88 Å². The van der Waals surface area contributed by atoms with Crippen LogP contribution in [0.2, 0.25) is 0 Å². The lowest BCUT2D eigenvalue weighted by atomic mass is 10.0. The summed E-state index contributed by atoms with van der Waals surface area (Å²) in [5, 5.41) is 0.893. The first-order valence-electron chi connectivity index (χ1n) is 6.07. The van der Waals surface area contributed by atoms with E-state index in [2.05, 4.69) is 28.9 Å². The van der Waals surface area contributed by atoms with E-state index in [0.29, 0.717) is 10.9 Å². The van der Waals surface area contributed by atoms with Gasteiger partial charge >= 0.3 is 5.97 Å². The summed E-state index contributed by atoms with van der Waals surface area (Å²) in [6, 6.07) is 0.512. The van der Waals surface area contributed by atoms with E-state index in [1.54, 1.807) is 6.20 Å². The number of methoxy groups -OCH3 is 1. The molecule has 1 aliphatic heterocycles. The molecule has 5 nitrogen and oxygen atoms in total. The Morgan fingerprint density at radius 1 is 1.56 bits per heavy atom. The largest absolute Gasteiger partial charge is 0.465 e. The maximum Gasteiger partial charge on any atom is 0.349 e. The summed E-state index contributed by atoms with van der Waals surface area (Å²) in [6.45, 7) is 2.23. The van der Waals surface area contributed by atoms with E-state index in [1.807, 2.05) is 0 Å². The minimum absolute atomic E-state index is 0.310. The quantitative estimate of drug-likeness (QED) is 0.777. The summed E-state index contributed by atoms with van der Waals surface area (Å²) in [5.41, 5.74) is 0. The summed E-state index contributed by atoms with van der Waals surface area (Å²) < 4.78 is 4.70. The van der Waals surface area contributed by atoms with Crippen LogP contribution in [0.1, 0.15) is 22.5 Å². The van der Waals surface area contributed by atoms with Crippen LogP contribution in [0.15, 0.2) is 6.20 Å². The molecule has 6 heteroatoms. The lowest BCUT2D eigenvalue weighted by molar-refractivity contribution is 0.0606. The Morgan fingerprint density at radius 3 is 2.83 bits per heavy atom. The Morgan fingerprint density at radius 2 is 2.22 bits per heavy atom. The number of nitrogens with zero attached hydrogens (tertiary/aromatic N) is 3. The van der Waals surface area contributed by atoms with Crippen molar-refractivity contribution < 1.29 is 9.53 Å². The molecule has 0 unspecified atom stereocenters. The number of likely N-dealkylation sites (tertiary alicyclic amines) is 1. The molecule has 0 atom stereocenters. The molecule has 100 valence electrons. The minimum atomic E-state index is -0.310. The molecule has 18 heavy (non-hydrogen) atoms. The molecule has 2 heterocycles. The zero-order chi connectivity index (χ0) is 13.1. The number of carbonyl (C=O) groups is 1. The van der Waals surface area contributed by atoms with Crippen LogP contribution < -0.4 is 4.90 Å². The first kappa shape index (κ1) is 13.3. The third-order valence-corrected chi connectivity index (χ3v) is 4.49. The standard InChI is InChI=1S/C12H19N3O2S/c1-14-6-4-9(5-7-14)15(2)12-13-8-10(18-12)11(16)17-3/h8-9H,4-7H2,1-3H3. The Labute approximate surface area is 111 Å². The molecular weight excluding hydrogens is 250 g/mol. The highest BCUT2D eigenvalue weighted by Gasteiger charge is 2.23. The molecule has 0 aromatic carbocycles. The van der Waals surface area contributed by atoms with E-state index >= 15 is 0 Å². The highest BCUT2D eigenvalue weighted by atomic mass is 32.1. The van der Waals surface area contributed by atoms with Gasteiger partial charge in [-0.3, -0.25) is 0 Å². The van der Waals surface area contributed by atoms with E-state index in [0.717, 1.165) is 31.1 Å². The predicted octanol–water partition coefficient (Wildman–Crippen LogP) is 1.46. The summed E-state index contributed by atoms with van der Waals surface area (Å²) >= 11 is 1.39. The molecule has 0 N–H and O–H groups in total. The van der Waals surface area contributed by atoms with Crippen molar-refractivity contribution in [2.75, 3.05) is 39.2 Å². The second kappa shape index (κ2) is 5.67. The molecule has 0 bridgehead atoms. The molecule has 1 fully saturated rings. The number of piperidine rings is 1. The highest BCUT2D eigenvalue weighted by molar-refractivity contribution is 7.17. The first-order chi connectivity index (χ1) is 8.61. The SMILES string of the molecule is COC(=O)c1cnc(N(C)C2CCN(C)CC2)s1. The van der Waals surface area contributed by atoms with Crippen LogP contribution in [0.4, 0.5) is 5.13 Å². The van der Waals surface area contributed by atoms with Crippen molar-refractivity contribution in [3.8, 4) is 0 Å². The van der Waals surface area contributed by atoms with Gasteiger partial charge in [-0.25, -0.2) is 9.78 Å².